The lowest BCUT2D eigenvalue weighted by Crippen LogP contribution is -2.40. The Bertz CT molecular complexity index is 851. The van der Waals surface area contributed by atoms with Gasteiger partial charge in [0.15, 0.2) is 9.84 Å². The molecule has 2 aromatic carbocycles. The maximum absolute atomic E-state index is 14.1. The van der Waals surface area contributed by atoms with Gasteiger partial charge < -0.3 is 10.1 Å². The van der Waals surface area contributed by atoms with Gasteiger partial charge >= 0.3 is 0 Å². The van der Waals surface area contributed by atoms with Crippen LogP contribution < -0.4 is 10.1 Å². The van der Waals surface area contributed by atoms with Gasteiger partial charge in [-0.25, -0.2) is 12.8 Å². The van der Waals surface area contributed by atoms with Gasteiger partial charge in [-0.3, -0.25) is 0 Å². The number of halogens is 1. The number of fused-ring (bicyclic) bond motifs is 1. The van der Waals surface area contributed by atoms with Gasteiger partial charge in [0.1, 0.15) is 23.1 Å². The molecule has 1 heterocycles. The van der Waals surface area contributed by atoms with Gasteiger partial charge in [-0.2, -0.15) is 0 Å². The fourth-order valence-electron chi connectivity index (χ4n) is 2.97. The molecule has 0 aromatic heterocycles. The second kappa shape index (κ2) is 6.53. The number of benzene rings is 2. The van der Waals surface area contributed by atoms with E-state index in [0.717, 1.165) is 24.0 Å². The standard InChI is InChI=1S/C18H20FNO3S/c1-12(13-7-8-18(16(19)10-13)24(2,21)22)20-15-9-14-5-3-4-6-17(14)23-11-15/h3-8,10,12,15,20H,9,11H2,1-2H3/t12-,15-/m1/s1. The van der Waals surface area contributed by atoms with Crippen LogP contribution in [0.4, 0.5) is 4.39 Å². The molecule has 0 fully saturated rings. The quantitative estimate of drug-likeness (QED) is 0.922. The highest BCUT2D eigenvalue weighted by atomic mass is 32.2. The Morgan fingerprint density at radius 2 is 2.00 bits per heavy atom. The zero-order chi connectivity index (χ0) is 17.3. The summed E-state index contributed by atoms with van der Waals surface area (Å²) in [6, 6.07) is 12.2. The number of hydrogen-bond acceptors (Lipinski definition) is 4. The smallest absolute Gasteiger partial charge is 0.178 e. The second-order valence-electron chi connectivity index (χ2n) is 6.17. The van der Waals surface area contributed by atoms with E-state index in [0.29, 0.717) is 12.2 Å². The highest BCUT2D eigenvalue weighted by molar-refractivity contribution is 7.90. The lowest BCUT2D eigenvalue weighted by molar-refractivity contribution is 0.229. The maximum atomic E-state index is 14.1. The molecule has 1 N–H and O–H groups in total. The molecule has 0 spiro atoms. The fourth-order valence-corrected chi connectivity index (χ4v) is 3.70. The van der Waals surface area contributed by atoms with Gasteiger partial charge in [-0.15, -0.1) is 0 Å². The number of hydrogen-bond donors (Lipinski definition) is 1. The number of ether oxygens (including phenoxy) is 1. The fraction of sp³-hybridized carbons (Fsp3) is 0.333. The summed E-state index contributed by atoms with van der Waals surface area (Å²) in [6.07, 6.45) is 1.84. The van der Waals surface area contributed by atoms with Gasteiger partial charge in [0.2, 0.25) is 0 Å². The summed E-state index contributed by atoms with van der Waals surface area (Å²) in [5.41, 5.74) is 1.85. The molecule has 0 bridgehead atoms. The van der Waals surface area contributed by atoms with Crippen LogP contribution in [0.5, 0.6) is 5.75 Å². The summed E-state index contributed by atoms with van der Waals surface area (Å²) in [7, 11) is -3.55. The molecular formula is C18H20FNO3S. The van der Waals surface area contributed by atoms with Crippen molar-refractivity contribution >= 4 is 9.84 Å². The molecule has 0 unspecified atom stereocenters. The van der Waals surface area contributed by atoms with Crippen LogP contribution in [0.15, 0.2) is 47.4 Å². The Balaban J connectivity index is 1.72. The molecule has 1 aliphatic heterocycles. The van der Waals surface area contributed by atoms with E-state index in [4.69, 9.17) is 4.74 Å². The van der Waals surface area contributed by atoms with E-state index in [9.17, 15) is 12.8 Å². The van der Waals surface area contributed by atoms with Crippen molar-refractivity contribution in [2.45, 2.75) is 30.3 Å². The van der Waals surface area contributed by atoms with Gasteiger partial charge in [-0.1, -0.05) is 24.3 Å². The van der Waals surface area contributed by atoms with Crippen molar-refractivity contribution in [3.05, 3.63) is 59.4 Å². The number of rotatable bonds is 4. The minimum atomic E-state index is -3.55. The largest absolute Gasteiger partial charge is 0.492 e. The van der Waals surface area contributed by atoms with E-state index in [2.05, 4.69) is 5.32 Å². The van der Waals surface area contributed by atoms with Gasteiger partial charge in [0.05, 0.1) is 0 Å². The highest BCUT2D eigenvalue weighted by Crippen LogP contribution is 2.26. The number of para-hydroxylation sites is 1. The van der Waals surface area contributed by atoms with Gasteiger partial charge in [-0.05, 0) is 42.7 Å². The first-order chi connectivity index (χ1) is 11.3. The molecule has 0 saturated carbocycles. The summed E-state index contributed by atoms with van der Waals surface area (Å²) in [5.74, 6) is 0.195. The van der Waals surface area contributed by atoms with Crippen molar-refractivity contribution in [2.75, 3.05) is 12.9 Å². The zero-order valence-electron chi connectivity index (χ0n) is 13.6. The Morgan fingerprint density at radius 3 is 2.71 bits per heavy atom. The Kier molecular flexibility index (Phi) is 4.60. The first-order valence-electron chi connectivity index (χ1n) is 7.81. The summed E-state index contributed by atoms with van der Waals surface area (Å²) in [5, 5.41) is 3.42. The molecule has 128 valence electrons. The summed E-state index contributed by atoms with van der Waals surface area (Å²) >= 11 is 0. The first-order valence-corrected chi connectivity index (χ1v) is 9.70. The predicted molar refractivity (Wildman–Crippen MR) is 90.5 cm³/mol. The molecule has 2 atom stereocenters. The normalized spacial score (nSPS) is 18.5. The number of nitrogens with one attached hydrogen (secondary N) is 1. The molecular weight excluding hydrogens is 329 g/mol. The van der Waals surface area contributed by atoms with E-state index in [-0.39, 0.29) is 17.0 Å². The highest BCUT2D eigenvalue weighted by Gasteiger charge is 2.22. The monoisotopic (exact) mass is 349 g/mol. The van der Waals surface area contributed by atoms with Crippen molar-refractivity contribution in [1.29, 1.82) is 0 Å². The number of sulfone groups is 1. The molecule has 0 aliphatic carbocycles. The maximum Gasteiger partial charge on any atom is 0.178 e. The SMILES string of the molecule is C[C@@H](N[C@H]1COc2ccccc2C1)c1ccc(S(C)(=O)=O)c(F)c1. The average molecular weight is 349 g/mol. The summed E-state index contributed by atoms with van der Waals surface area (Å²) in [6.45, 7) is 2.47. The van der Waals surface area contributed by atoms with Crippen LogP contribution >= 0.6 is 0 Å². The van der Waals surface area contributed by atoms with E-state index in [1.165, 1.54) is 12.1 Å². The lowest BCUT2D eigenvalue weighted by Gasteiger charge is -2.29. The van der Waals surface area contributed by atoms with Crippen LogP contribution in [-0.2, 0) is 16.3 Å². The molecule has 3 rings (SSSR count). The third-order valence-corrected chi connectivity index (χ3v) is 5.35. The lowest BCUT2D eigenvalue weighted by atomic mass is 10.0. The van der Waals surface area contributed by atoms with Crippen LogP contribution in [0.1, 0.15) is 24.1 Å². The van der Waals surface area contributed by atoms with Crippen LogP contribution in [0.25, 0.3) is 0 Å². The molecule has 4 nitrogen and oxygen atoms in total. The van der Waals surface area contributed by atoms with Crippen molar-refractivity contribution in [3.63, 3.8) is 0 Å². The van der Waals surface area contributed by atoms with Crippen LogP contribution in [-0.4, -0.2) is 27.3 Å². The minimum Gasteiger partial charge on any atom is -0.492 e. The Morgan fingerprint density at radius 1 is 1.25 bits per heavy atom. The Hall–Kier alpha value is -1.92. The predicted octanol–water partition coefficient (Wildman–Crippen LogP) is 2.88. The molecule has 0 radical (unpaired) electrons. The molecule has 2 aromatic rings. The molecule has 6 heteroatoms. The van der Waals surface area contributed by atoms with Gasteiger partial charge in [0, 0.05) is 18.3 Å². The molecule has 0 amide bonds. The third kappa shape index (κ3) is 3.60. The van der Waals surface area contributed by atoms with E-state index >= 15 is 0 Å². The Labute approximate surface area is 141 Å². The van der Waals surface area contributed by atoms with Crippen molar-refractivity contribution in [1.82, 2.24) is 5.32 Å². The third-order valence-electron chi connectivity index (χ3n) is 4.22. The van der Waals surface area contributed by atoms with Crippen LogP contribution in [0, 0.1) is 5.82 Å². The van der Waals surface area contributed by atoms with Crippen molar-refractivity contribution < 1.29 is 17.5 Å². The summed E-state index contributed by atoms with van der Waals surface area (Å²) in [4.78, 5) is -0.270. The average Bonchev–Trinajstić information content (AvgIpc) is 2.53. The van der Waals surface area contributed by atoms with Crippen LogP contribution in [0.2, 0.25) is 0 Å². The topological polar surface area (TPSA) is 55.4 Å². The van der Waals surface area contributed by atoms with Crippen molar-refractivity contribution in [3.8, 4) is 5.75 Å². The molecule has 1 aliphatic rings. The van der Waals surface area contributed by atoms with Gasteiger partial charge in [0.25, 0.3) is 0 Å². The summed E-state index contributed by atoms with van der Waals surface area (Å²) < 4.78 is 42.8. The molecule has 24 heavy (non-hydrogen) atoms. The van der Waals surface area contributed by atoms with Crippen molar-refractivity contribution in [2.24, 2.45) is 0 Å². The van der Waals surface area contributed by atoms with E-state index in [1.807, 2.05) is 31.2 Å². The van der Waals surface area contributed by atoms with Crippen LogP contribution in [0.3, 0.4) is 0 Å². The minimum absolute atomic E-state index is 0.118. The first kappa shape index (κ1) is 16.9. The van der Waals surface area contributed by atoms with E-state index in [1.54, 1.807) is 6.07 Å². The molecule has 0 saturated heterocycles. The second-order valence-corrected chi connectivity index (χ2v) is 8.15. The van der Waals surface area contributed by atoms with E-state index < -0.39 is 15.7 Å². The zero-order valence-corrected chi connectivity index (χ0v) is 14.4.